The fraction of sp³-hybridized carbons (Fsp3) is 0.0952. The van der Waals surface area contributed by atoms with Crippen molar-refractivity contribution in [2.45, 2.75) is 13.8 Å². The summed E-state index contributed by atoms with van der Waals surface area (Å²) >= 11 is 1.15. The Labute approximate surface area is 161 Å². The predicted molar refractivity (Wildman–Crippen MR) is 110 cm³/mol. The summed E-state index contributed by atoms with van der Waals surface area (Å²) in [5.41, 5.74) is 3.24. The van der Waals surface area contributed by atoms with Crippen molar-refractivity contribution in [2.24, 2.45) is 0 Å². The lowest BCUT2D eigenvalue weighted by Gasteiger charge is -2.06. The summed E-state index contributed by atoms with van der Waals surface area (Å²) in [4.78, 5) is 29.4. The van der Waals surface area contributed by atoms with Gasteiger partial charge in [-0.3, -0.25) is 14.9 Å². The fourth-order valence-corrected chi connectivity index (χ4v) is 3.30. The number of hydrogen-bond acceptors (Lipinski definition) is 4. The van der Waals surface area contributed by atoms with Crippen molar-refractivity contribution in [2.75, 3.05) is 10.6 Å². The number of nitrogens with one attached hydrogen (secondary N) is 2. The van der Waals surface area contributed by atoms with Gasteiger partial charge in [0, 0.05) is 11.8 Å². The molecule has 0 fully saturated rings. The van der Waals surface area contributed by atoms with Crippen molar-refractivity contribution < 1.29 is 9.59 Å². The van der Waals surface area contributed by atoms with Gasteiger partial charge >= 0.3 is 0 Å². The molecule has 0 bridgehead atoms. The van der Waals surface area contributed by atoms with Crippen LogP contribution in [0.2, 0.25) is 0 Å². The maximum atomic E-state index is 12.5. The number of aryl methyl sites for hydroxylation is 2. The molecule has 0 radical (unpaired) electrons. The van der Waals surface area contributed by atoms with Crippen molar-refractivity contribution in [1.82, 2.24) is 4.98 Å². The van der Waals surface area contributed by atoms with Crippen LogP contribution in [0.15, 0.2) is 60.7 Å². The Morgan fingerprint density at radius 2 is 1.67 bits per heavy atom. The van der Waals surface area contributed by atoms with E-state index in [-0.39, 0.29) is 11.8 Å². The van der Waals surface area contributed by atoms with E-state index >= 15 is 0 Å². The molecule has 0 unspecified atom stereocenters. The molecule has 136 valence electrons. The molecule has 6 heteroatoms. The summed E-state index contributed by atoms with van der Waals surface area (Å²) in [6.07, 6.45) is 3.17. The van der Waals surface area contributed by atoms with Crippen molar-refractivity contribution >= 4 is 40.0 Å². The van der Waals surface area contributed by atoms with E-state index in [1.807, 2.05) is 61.5 Å². The number of anilines is 2. The van der Waals surface area contributed by atoms with Gasteiger partial charge in [0.05, 0.1) is 5.69 Å². The third kappa shape index (κ3) is 4.89. The number of para-hydroxylation sites is 1. The molecule has 2 N–H and O–H groups in total. The molecule has 0 aliphatic rings. The van der Waals surface area contributed by atoms with Crippen LogP contribution < -0.4 is 10.6 Å². The molecule has 27 heavy (non-hydrogen) atoms. The van der Waals surface area contributed by atoms with Crippen LogP contribution in [-0.4, -0.2) is 16.8 Å². The molecule has 3 rings (SSSR count). The summed E-state index contributed by atoms with van der Waals surface area (Å²) in [5, 5.41) is 5.98. The summed E-state index contributed by atoms with van der Waals surface area (Å²) < 4.78 is 0. The monoisotopic (exact) mass is 377 g/mol. The largest absolute Gasteiger partial charge is 0.321 e. The molecular formula is C21H19N3O2S. The van der Waals surface area contributed by atoms with Crippen LogP contribution in [0, 0.1) is 13.8 Å². The van der Waals surface area contributed by atoms with E-state index in [0.29, 0.717) is 15.7 Å². The van der Waals surface area contributed by atoms with Crippen LogP contribution in [0.25, 0.3) is 6.08 Å². The van der Waals surface area contributed by atoms with E-state index < -0.39 is 0 Å². The minimum Gasteiger partial charge on any atom is -0.321 e. The van der Waals surface area contributed by atoms with Crippen molar-refractivity contribution in [3.8, 4) is 0 Å². The van der Waals surface area contributed by atoms with Gasteiger partial charge in [-0.05, 0) is 37.1 Å². The second-order valence-electron chi connectivity index (χ2n) is 5.94. The van der Waals surface area contributed by atoms with E-state index in [1.54, 1.807) is 13.0 Å². The van der Waals surface area contributed by atoms with Gasteiger partial charge in [0.1, 0.15) is 4.88 Å². The average molecular weight is 377 g/mol. The number of hydrogen-bond donors (Lipinski definition) is 2. The molecule has 0 aliphatic heterocycles. The van der Waals surface area contributed by atoms with Crippen LogP contribution in [0.5, 0.6) is 0 Å². The summed E-state index contributed by atoms with van der Waals surface area (Å²) in [5.74, 6) is -0.530. The highest BCUT2D eigenvalue weighted by molar-refractivity contribution is 7.17. The van der Waals surface area contributed by atoms with Crippen LogP contribution in [0.4, 0.5) is 10.8 Å². The third-order valence-corrected chi connectivity index (χ3v) is 4.92. The summed E-state index contributed by atoms with van der Waals surface area (Å²) in [7, 11) is 0. The number of amides is 2. The molecule has 2 amide bonds. The van der Waals surface area contributed by atoms with Crippen LogP contribution in [0.1, 0.15) is 26.5 Å². The third-order valence-electron chi connectivity index (χ3n) is 3.85. The number of carbonyl (C=O) groups excluding carboxylic acids is 2. The van der Waals surface area contributed by atoms with E-state index in [1.165, 1.54) is 6.08 Å². The zero-order chi connectivity index (χ0) is 19.2. The van der Waals surface area contributed by atoms with Gasteiger partial charge in [0.2, 0.25) is 5.91 Å². The molecule has 5 nitrogen and oxygen atoms in total. The van der Waals surface area contributed by atoms with Gasteiger partial charge in [-0.1, -0.05) is 59.9 Å². The second kappa shape index (κ2) is 8.42. The molecule has 3 aromatic rings. The molecule has 0 spiro atoms. The number of nitrogens with zero attached hydrogens (tertiary/aromatic N) is 1. The first-order valence-corrected chi connectivity index (χ1v) is 9.23. The number of aromatic nitrogens is 1. The van der Waals surface area contributed by atoms with Gasteiger partial charge in [0.15, 0.2) is 5.13 Å². The highest BCUT2D eigenvalue weighted by Gasteiger charge is 2.16. The maximum absolute atomic E-state index is 12.5. The average Bonchev–Trinajstić information content (AvgIpc) is 3.03. The quantitative estimate of drug-likeness (QED) is 0.635. The highest BCUT2D eigenvalue weighted by atomic mass is 32.1. The molecular weight excluding hydrogens is 358 g/mol. The predicted octanol–water partition coefficient (Wildman–Crippen LogP) is 4.66. The normalized spacial score (nSPS) is 10.7. The molecule has 0 aliphatic carbocycles. The van der Waals surface area contributed by atoms with Gasteiger partial charge in [-0.2, -0.15) is 0 Å². The Bertz CT molecular complexity index is 994. The van der Waals surface area contributed by atoms with E-state index in [0.717, 1.165) is 28.2 Å². The first kappa shape index (κ1) is 18.5. The number of thiazole rings is 1. The van der Waals surface area contributed by atoms with E-state index in [9.17, 15) is 9.59 Å². The van der Waals surface area contributed by atoms with Gasteiger partial charge < -0.3 is 5.32 Å². The van der Waals surface area contributed by atoms with Crippen LogP contribution in [-0.2, 0) is 4.79 Å². The van der Waals surface area contributed by atoms with Crippen molar-refractivity contribution in [3.63, 3.8) is 0 Å². The number of benzene rings is 2. The van der Waals surface area contributed by atoms with Crippen molar-refractivity contribution in [3.05, 3.63) is 82.4 Å². The Balaban J connectivity index is 1.67. The maximum Gasteiger partial charge on any atom is 0.267 e. The fourth-order valence-electron chi connectivity index (χ4n) is 2.44. The molecule has 0 saturated heterocycles. The van der Waals surface area contributed by atoms with E-state index in [2.05, 4.69) is 15.6 Å². The Morgan fingerprint density at radius 1 is 0.963 bits per heavy atom. The van der Waals surface area contributed by atoms with Gasteiger partial charge in [0.25, 0.3) is 5.91 Å². The van der Waals surface area contributed by atoms with E-state index in [4.69, 9.17) is 0 Å². The van der Waals surface area contributed by atoms with Gasteiger partial charge in [-0.25, -0.2) is 4.98 Å². The first-order valence-electron chi connectivity index (χ1n) is 8.41. The molecule has 1 aromatic heterocycles. The standard InChI is InChI=1S/C21H19N3O2S/c1-14-8-6-7-11-17(14)23-20(26)19-15(2)22-21(27-19)24-18(25)13-12-16-9-4-3-5-10-16/h3-13H,1-2H3,(H,23,26)(H,22,24,25)/b13-12+. The summed E-state index contributed by atoms with van der Waals surface area (Å²) in [6.45, 7) is 3.68. The number of rotatable bonds is 5. The molecule has 2 aromatic carbocycles. The lowest BCUT2D eigenvalue weighted by atomic mass is 10.2. The SMILES string of the molecule is Cc1ccccc1NC(=O)c1sc(NC(=O)/C=C/c2ccccc2)nc1C. The molecule has 1 heterocycles. The summed E-state index contributed by atoms with van der Waals surface area (Å²) in [6, 6.07) is 17.1. The van der Waals surface area contributed by atoms with Crippen LogP contribution in [0.3, 0.4) is 0 Å². The Kier molecular flexibility index (Phi) is 5.78. The van der Waals surface area contributed by atoms with Crippen LogP contribution >= 0.6 is 11.3 Å². The molecule has 0 atom stereocenters. The topological polar surface area (TPSA) is 71.1 Å². The zero-order valence-electron chi connectivity index (χ0n) is 15.0. The Morgan fingerprint density at radius 3 is 2.41 bits per heavy atom. The zero-order valence-corrected chi connectivity index (χ0v) is 15.8. The lowest BCUT2D eigenvalue weighted by molar-refractivity contribution is -0.111. The van der Waals surface area contributed by atoms with Gasteiger partial charge in [-0.15, -0.1) is 0 Å². The highest BCUT2D eigenvalue weighted by Crippen LogP contribution is 2.24. The first-order chi connectivity index (χ1) is 13.0. The second-order valence-corrected chi connectivity index (χ2v) is 6.93. The Hall–Kier alpha value is -3.25. The molecule has 0 saturated carbocycles. The lowest BCUT2D eigenvalue weighted by Crippen LogP contribution is -2.12. The smallest absolute Gasteiger partial charge is 0.267 e. The number of carbonyl (C=O) groups is 2. The van der Waals surface area contributed by atoms with Crippen molar-refractivity contribution in [1.29, 1.82) is 0 Å². The minimum atomic E-state index is -0.293. The minimum absolute atomic E-state index is 0.236.